The van der Waals surface area contributed by atoms with Crippen LogP contribution in [0.1, 0.15) is 29.3 Å². The van der Waals surface area contributed by atoms with E-state index in [0.717, 1.165) is 34.6 Å². The predicted molar refractivity (Wildman–Crippen MR) is 103 cm³/mol. The third-order valence-corrected chi connectivity index (χ3v) is 5.47. The Hall–Kier alpha value is -1.78. The third kappa shape index (κ3) is 3.28. The minimum atomic E-state index is -2.89. The molecule has 0 N–H and O–H groups in total. The Labute approximate surface area is 161 Å². The summed E-state index contributed by atoms with van der Waals surface area (Å²) in [5, 5.41) is 1.94. The molecule has 0 bridgehead atoms. The fraction of sp³-hybridized carbons (Fsp3) is 0.300. The number of methoxy groups -OCH3 is 1. The molecule has 1 aromatic heterocycles. The number of nitrogens with zero attached hydrogens (tertiary/aromatic N) is 1. The SMILES string of the molecule is COc1ccc(Cl)c(Cc2cc3c(C)cc(C(C)(F)F)cc3n2C)c1Cl. The maximum absolute atomic E-state index is 13.8. The Bertz CT molecular complexity index is 990. The summed E-state index contributed by atoms with van der Waals surface area (Å²) in [5.41, 5.74) is 3.25. The lowest BCUT2D eigenvalue weighted by molar-refractivity contribution is 0.0175. The fourth-order valence-corrected chi connectivity index (χ4v) is 3.74. The number of aromatic nitrogens is 1. The lowest BCUT2D eigenvalue weighted by atomic mass is 10.0. The van der Waals surface area contributed by atoms with Gasteiger partial charge in [0.05, 0.1) is 12.1 Å². The number of rotatable bonds is 4. The van der Waals surface area contributed by atoms with Crippen molar-refractivity contribution < 1.29 is 13.5 Å². The van der Waals surface area contributed by atoms with Gasteiger partial charge >= 0.3 is 0 Å². The van der Waals surface area contributed by atoms with E-state index < -0.39 is 5.92 Å². The summed E-state index contributed by atoms with van der Waals surface area (Å²) in [5.74, 6) is -2.34. The first kappa shape index (κ1) is 19.0. The van der Waals surface area contributed by atoms with Crippen molar-refractivity contribution in [3.8, 4) is 5.75 Å². The second-order valence-corrected chi connectivity index (χ2v) is 7.31. The lowest BCUT2D eigenvalue weighted by Crippen LogP contribution is -2.07. The summed E-state index contributed by atoms with van der Waals surface area (Å²) >= 11 is 12.7. The zero-order chi connectivity index (χ0) is 19.2. The van der Waals surface area contributed by atoms with Gasteiger partial charge in [0.25, 0.3) is 5.92 Å². The van der Waals surface area contributed by atoms with Crippen LogP contribution in [0.5, 0.6) is 5.75 Å². The molecular weight excluding hydrogens is 379 g/mol. The van der Waals surface area contributed by atoms with E-state index in [4.69, 9.17) is 27.9 Å². The van der Waals surface area contributed by atoms with Gasteiger partial charge in [0.15, 0.2) is 0 Å². The Morgan fingerprint density at radius 3 is 2.46 bits per heavy atom. The van der Waals surface area contributed by atoms with Gasteiger partial charge in [0, 0.05) is 47.6 Å². The van der Waals surface area contributed by atoms with Crippen LogP contribution in [-0.4, -0.2) is 11.7 Å². The maximum atomic E-state index is 13.8. The van der Waals surface area contributed by atoms with Gasteiger partial charge in [0.2, 0.25) is 0 Å². The molecule has 0 amide bonds. The van der Waals surface area contributed by atoms with E-state index in [9.17, 15) is 8.78 Å². The monoisotopic (exact) mass is 397 g/mol. The molecule has 0 saturated heterocycles. The summed E-state index contributed by atoms with van der Waals surface area (Å²) in [6.45, 7) is 2.75. The van der Waals surface area contributed by atoms with E-state index in [2.05, 4.69) is 0 Å². The molecular formula is C20H19Cl2F2NO. The van der Waals surface area contributed by atoms with Gasteiger partial charge in [-0.1, -0.05) is 23.2 Å². The quantitative estimate of drug-likeness (QED) is 0.489. The van der Waals surface area contributed by atoms with Gasteiger partial charge in [0.1, 0.15) is 5.75 Å². The smallest absolute Gasteiger partial charge is 0.270 e. The molecule has 0 spiro atoms. The van der Waals surface area contributed by atoms with Crippen molar-refractivity contribution in [1.82, 2.24) is 4.57 Å². The summed E-state index contributed by atoms with van der Waals surface area (Å²) in [6.07, 6.45) is 0.470. The van der Waals surface area contributed by atoms with Crippen LogP contribution in [0.15, 0.2) is 30.3 Å². The van der Waals surface area contributed by atoms with Crippen molar-refractivity contribution in [2.75, 3.05) is 7.11 Å². The maximum Gasteiger partial charge on any atom is 0.270 e. The number of benzene rings is 2. The molecule has 6 heteroatoms. The second kappa shape index (κ2) is 6.75. The minimum absolute atomic E-state index is 0.00713. The zero-order valence-electron chi connectivity index (χ0n) is 15.0. The molecule has 3 rings (SSSR count). The highest BCUT2D eigenvalue weighted by molar-refractivity contribution is 6.37. The topological polar surface area (TPSA) is 14.2 Å². The highest BCUT2D eigenvalue weighted by Crippen LogP contribution is 2.37. The van der Waals surface area contributed by atoms with Gasteiger partial charge in [-0.25, -0.2) is 8.78 Å². The van der Waals surface area contributed by atoms with E-state index in [-0.39, 0.29) is 5.56 Å². The number of halogens is 4. The Balaban J connectivity index is 2.13. The molecule has 0 aliphatic carbocycles. The highest BCUT2D eigenvalue weighted by Gasteiger charge is 2.26. The first-order valence-electron chi connectivity index (χ1n) is 8.11. The summed E-state index contributed by atoms with van der Waals surface area (Å²) in [7, 11) is 3.40. The van der Waals surface area contributed by atoms with Crippen LogP contribution in [0.3, 0.4) is 0 Å². The number of hydrogen-bond donors (Lipinski definition) is 0. The van der Waals surface area contributed by atoms with E-state index in [1.165, 1.54) is 6.07 Å². The Morgan fingerprint density at radius 2 is 1.85 bits per heavy atom. The van der Waals surface area contributed by atoms with Gasteiger partial charge in [-0.05, 0) is 48.4 Å². The third-order valence-electron chi connectivity index (χ3n) is 4.70. The second-order valence-electron chi connectivity index (χ2n) is 6.53. The van der Waals surface area contributed by atoms with Gasteiger partial charge in [-0.15, -0.1) is 0 Å². The Morgan fingerprint density at radius 1 is 1.15 bits per heavy atom. The van der Waals surface area contributed by atoms with Crippen molar-refractivity contribution >= 4 is 34.1 Å². The first-order valence-corrected chi connectivity index (χ1v) is 8.87. The molecule has 0 aliphatic rings. The number of aryl methyl sites for hydroxylation is 2. The molecule has 2 nitrogen and oxygen atoms in total. The molecule has 2 aromatic carbocycles. The van der Waals surface area contributed by atoms with E-state index in [1.54, 1.807) is 25.3 Å². The predicted octanol–water partition coefficient (Wildman–Crippen LogP) is 6.50. The molecule has 26 heavy (non-hydrogen) atoms. The summed E-state index contributed by atoms with van der Waals surface area (Å²) < 4.78 is 34.7. The number of alkyl halides is 2. The van der Waals surface area contributed by atoms with E-state index >= 15 is 0 Å². The van der Waals surface area contributed by atoms with Crippen LogP contribution < -0.4 is 4.74 Å². The fourth-order valence-electron chi connectivity index (χ4n) is 3.16. The van der Waals surface area contributed by atoms with Gasteiger partial charge in [-0.3, -0.25) is 0 Å². The molecule has 0 fully saturated rings. The summed E-state index contributed by atoms with van der Waals surface area (Å²) in [6, 6.07) is 8.54. The van der Waals surface area contributed by atoms with Crippen LogP contribution >= 0.6 is 23.2 Å². The van der Waals surface area contributed by atoms with Crippen LogP contribution in [0.2, 0.25) is 10.0 Å². The van der Waals surface area contributed by atoms with Crippen molar-refractivity contribution in [3.05, 3.63) is 62.8 Å². The number of hydrogen-bond acceptors (Lipinski definition) is 1. The number of ether oxygens (including phenoxy) is 1. The zero-order valence-corrected chi connectivity index (χ0v) is 16.5. The van der Waals surface area contributed by atoms with Crippen LogP contribution in [0.4, 0.5) is 8.78 Å². The molecule has 0 saturated carbocycles. The molecule has 1 heterocycles. The molecule has 0 aliphatic heterocycles. The largest absolute Gasteiger partial charge is 0.495 e. The van der Waals surface area contributed by atoms with E-state index in [1.807, 2.05) is 24.6 Å². The van der Waals surface area contributed by atoms with Crippen LogP contribution in [-0.2, 0) is 19.4 Å². The average Bonchev–Trinajstić information content (AvgIpc) is 2.88. The van der Waals surface area contributed by atoms with Crippen molar-refractivity contribution in [3.63, 3.8) is 0 Å². The molecule has 3 aromatic rings. The molecule has 0 atom stereocenters. The highest BCUT2D eigenvalue weighted by atomic mass is 35.5. The van der Waals surface area contributed by atoms with Gasteiger partial charge in [-0.2, -0.15) is 0 Å². The molecule has 138 valence electrons. The standard InChI is InChI=1S/C20H19Cl2F2NO/c1-11-7-12(20(2,23)24)8-17-14(11)9-13(25(17)3)10-15-16(21)5-6-18(26-4)19(15)22/h5-9H,10H2,1-4H3. The average molecular weight is 398 g/mol. The van der Waals surface area contributed by atoms with Crippen molar-refractivity contribution in [2.24, 2.45) is 7.05 Å². The van der Waals surface area contributed by atoms with Gasteiger partial charge < -0.3 is 9.30 Å². The van der Waals surface area contributed by atoms with Crippen molar-refractivity contribution in [2.45, 2.75) is 26.2 Å². The summed E-state index contributed by atoms with van der Waals surface area (Å²) in [4.78, 5) is 0. The van der Waals surface area contributed by atoms with Crippen molar-refractivity contribution in [1.29, 1.82) is 0 Å². The van der Waals surface area contributed by atoms with Crippen LogP contribution in [0, 0.1) is 6.92 Å². The minimum Gasteiger partial charge on any atom is -0.495 e. The lowest BCUT2D eigenvalue weighted by Gasteiger charge is -2.13. The van der Waals surface area contributed by atoms with E-state index in [0.29, 0.717) is 22.2 Å². The normalized spacial score (nSPS) is 12.0. The molecule has 0 radical (unpaired) electrons. The Kier molecular flexibility index (Phi) is 4.93. The first-order chi connectivity index (χ1) is 12.1. The molecule has 0 unspecified atom stereocenters. The van der Waals surface area contributed by atoms with Crippen LogP contribution in [0.25, 0.3) is 10.9 Å². The number of fused-ring (bicyclic) bond motifs is 1.